The van der Waals surface area contributed by atoms with Crippen LogP contribution < -0.4 is 10.5 Å². The standard InChI is InChI=1S/C14H19NO2/c1-17-12-8-11(14(15)6-7-14)13(16)10-5-3-2-4-9(10)12/h8,16H,2-7,15H2,1H3. The summed E-state index contributed by atoms with van der Waals surface area (Å²) in [6.07, 6.45) is 6.19. The van der Waals surface area contributed by atoms with Gasteiger partial charge in [0.25, 0.3) is 0 Å². The summed E-state index contributed by atoms with van der Waals surface area (Å²) < 4.78 is 5.46. The third-order valence-corrected chi connectivity index (χ3v) is 4.13. The van der Waals surface area contributed by atoms with Crippen LogP contribution in [0.15, 0.2) is 6.07 Å². The van der Waals surface area contributed by atoms with Gasteiger partial charge >= 0.3 is 0 Å². The topological polar surface area (TPSA) is 55.5 Å². The van der Waals surface area contributed by atoms with E-state index < -0.39 is 0 Å². The summed E-state index contributed by atoms with van der Waals surface area (Å²) >= 11 is 0. The van der Waals surface area contributed by atoms with Gasteiger partial charge in [-0.1, -0.05) is 0 Å². The molecule has 3 N–H and O–H groups in total. The molecule has 2 aliphatic rings. The van der Waals surface area contributed by atoms with Crippen molar-refractivity contribution in [2.75, 3.05) is 7.11 Å². The van der Waals surface area contributed by atoms with Gasteiger partial charge in [-0.05, 0) is 44.6 Å². The third kappa shape index (κ3) is 1.61. The Balaban J connectivity index is 2.18. The molecule has 0 bridgehead atoms. The van der Waals surface area contributed by atoms with Crippen LogP contribution >= 0.6 is 0 Å². The average Bonchev–Trinajstić information content (AvgIpc) is 3.09. The fourth-order valence-corrected chi connectivity index (χ4v) is 2.85. The molecule has 1 aromatic rings. The normalized spacial score (nSPS) is 20.8. The summed E-state index contributed by atoms with van der Waals surface area (Å²) in [4.78, 5) is 0. The van der Waals surface area contributed by atoms with Gasteiger partial charge in [-0.2, -0.15) is 0 Å². The first kappa shape index (κ1) is 10.9. The number of ether oxygens (including phenoxy) is 1. The predicted molar refractivity (Wildman–Crippen MR) is 66.4 cm³/mol. The molecule has 1 fully saturated rings. The van der Waals surface area contributed by atoms with E-state index in [1.54, 1.807) is 7.11 Å². The number of aromatic hydroxyl groups is 1. The fraction of sp³-hybridized carbons (Fsp3) is 0.571. The second-order valence-electron chi connectivity index (χ2n) is 5.30. The van der Waals surface area contributed by atoms with Crippen LogP contribution in [0.3, 0.4) is 0 Å². The van der Waals surface area contributed by atoms with Gasteiger partial charge in [-0.25, -0.2) is 0 Å². The lowest BCUT2D eigenvalue weighted by Gasteiger charge is -2.24. The van der Waals surface area contributed by atoms with Gasteiger partial charge in [0.05, 0.1) is 7.11 Å². The lowest BCUT2D eigenvalue weighted by Crippen LogP contribution is -2.20. The van der Waals surface area contributed by atoms with Gasteiger partial charge in [0.1, 0.15) is 11.5 Å². The average molecular weight is 233 g/mol. The first-order valence-corrected chi connectivity index (χ1v) is 6.37. The van der Waals surface area contributed by atoms with Crippen LogP contribution in [-0.4, -0.2) is 12.2 Å². The zero-order valence-electron chi connectivity index (χ0n) is 10.3. The Hall–Kier alpha value is -1.22. The second-order valence-corrected chi connectivity index (χ2v) is 5.30. The van der Waals surface area contributed by atoms with E-state index in [1.165, 1.54) is 12.0 Å². The Morgan fingerprint density at radius 2 is 1.88 bits per heavy atom. The summed E-state index contributed by atoms with van der Waals surface area (Å²) in [5.41, 5.74) is 9.05. The molecule has 0 heterocycles. The quantitative estimate of drug-likeness (QED) is 0.823. The Bertz CT molecular complexity index is 464. The van der Waals surface area contributed by atoms with E-state index in [0.717, 1.165) is 49.0 Å². The molecule has 1 aromatic carbocycles. The van der Waals surface area contributed by atoms with Gasteiger partial charge in [0.2, 0.25) is 0 Å². The maximum Gasteiger partial charge on any atom is 0.124 e. The molecule has 17 heavy (non-hydrogen) atoms. The molecule has 0 amide bonds. The largest absolute Gasteiger partial charge is 0.507 e. The number of phenols is 1. The molecule has 92 valence electrons. The lowest BCUT2D eigenvalue weighted by molar-refractivity contribution is 0.396. The van der Waals surface area contributed by atoms with E-state index in [2.05, 4.69) is 0 Å². The van der Waals surface area contributed by atoms with Crippen molar-refractivity contribution in [3.05, 3.63) is 22.8 Å². The van der Waals surface area contributed by atoms with E-state index in [1.807, 2.05) is 6.07 Å². The molecule has 2 aliphatic carbocycles. The number of nitrogens with two attached hydrogens (primary N) is 1. The van der Waals surface area contributed by atoms with Crippen LogP contribution in [0.4, 0.5) is 0 Å². The molecule has 0 spiro atoms. The van der Waals surface area contributed by atoms with Crippen LogP contribution in [0.25, 0.3) is 0 Å². The fourth-order valence-electron chi connectivity index (χ4n) is 2.85. The minimum Gasteiger partial charge on any atom is -0.507 e. The van der Waals surface area contributed by atoms with Gasteiger partial charge in [0.15, 0.2) is 0 Å². The molecule has 0 saturated heterocycles. The number of hydrogen-bond acceptors (Lipinski definition) is 3. The summed E-state index contributed by atoms with van der Waals surface area (Å²) in [6.45, 7) is 0. The number of phenolic OH excluding ortho intramolecular Hbond substituents is 1. The van der Waals surface area contributed by atoms with E-state index in [4.69, 9.17) is 10.5 Å². The van der Waals surface area contributed by atoms with Crippen molar-refractivity contribution < 1.29 is 9.84 Å². The summed E-state index contributed by atoms with van der Waals surface area (Å²) in [7, 11) is 1.70. The van der Waals surface area contributed by atoms with Crippen molar-refractivity contribution in [2.45, 2.75) is 44.1 Å². The molecular weight excluding hydrogens is 214 g/mol. The highest BCUT2D eigenvalue weighted by atomic mass is 16.5. The maximum atomic E-state index is 10.4. The first-order chi connectivity index (χ1) is 8.15. The molecule has 1 saturated carbocycles. The number of hydrogen-bond donors (Lipinski definition) is 2. The Kier molecular flexibility index (Phi) is 2.33. The smallest absolute Gasteiger partial charge is 0.124 e. The van der Waals surface area contributed by atoms with E-state index in [-0.39, 0.29) is 5.54 Å². The van der Waals surface area contributed by atoms with Crippen LogP contribution in [0.1, 0.15) is 42.4 Å². The van der Waals surface area contributed by atoms with Gasteiger partial charge in [-0.3, -0.25) is 0 Å². The zero-order valence-corrected chi connectivity index (χ0v) is 10.3. The number of fused-ring (bicyclic) bond motifs is 1. The number of benzene rings is 1. The Morgan fingerprint density at radius 3 is 2.47 bits per heavy atom. The van der Waals surface area contributed by atoms with Crippen LogP contribution in [0.2, 0.25) is 0 Å². The van der Waals surface area contributed by atoms with Crippen molar-refractivity contribution in [3.8, 4) is 11.5 Å². The summed E-state index contributed by atoms with van der Waals surface area (Å²) in [6, 6.07) is 1.95. The summed E-state index contributed by atoms with van der Waals surface area (Å²) in [5.74, 6) is 1.34. The third-order valence-electron chi connectivity index (χ3n) is 4.13. The van der Waals surface area contributed by atoms with E-state index in [9.17, 15) is 5.11 Å². The van der Waals surface area contributed by atoms with Crippen LogP contribution in [0.5, 0.6) is 11.5 Å². The highest BCUT2D eigenvalue weighted by molar-refractivity contribution is 5.57. The van der Waals surface area contributed by atoms with Crippen LogP contribution in [0, 0.1) is 0 Å². The Labute approximate surface area is 102 Å². The number of methoxy groups -OCH3 is 1. The molecule has 3 nitrogen and oxygen atoms in total. The van der Waals surface area contributed by atoms with Crippen molar-refractivity contribution >= 4 is 0 Å². The molecular formula is C14H19NO2. The van der Waals surface area contributed by atoms with Gasteiger partial charge < -0.3 is 15.6 Å². The highest BCUT2D eigenvalue weighted by Crippen LogP contribution is 2.50. The van der Waals surface area contributed by atoms with Crippen LogP contribution in [-0.2, 0) is 18.4 Å². The van der Waals surface area contributed by atoms with Gasteiger partial charge in [0, 0.05) is 22.2 Å². The van der Waals surface area contributed by atoms with Crippen molar-refractivity contribution in [1.82, 2.24) is 0 Å². The molecule has 0 aliphatic heterocycles. The van der Waals surface area contributed by atoms with Crippen molar-refractivity contribution in [1.29, 1.82) is 0 Å². The molecule has 0 aromatic heterocycles. The van der Waals surface area contributed by atoms with E-state index in [0.29, 0.717) is 5.75 Å². The Morgan fingerprint density at radius 1 is 1.24 bits per heavy atom. The second kappa shape index (κ2) is 3.64. The van der Waals surface area contributed by atoms with Gasteiger partial charge in [-0.15, -0.1) is 0 Å². The monoisotopic (exact) mass is 233 g/mol. The predicted octanol–water partition coefficient (Wildman–Crippen LogP) is 2.23. The zero-order chi connectivity index (χ0) is 12.0. The van der Waals surface area contributed by atoms with Crippen molar-refractivity contribution in [2.24, 2.45) is 5.73 Å². The minimum absolute atomic E-state index is 0.302. The van der Waals surface area contributed by atoms with Crippen molar-refractivity contribution in [3.63, 3.8) is 0 Å². The first-order valence-electron chi connectivity index (χ1n) is 6.37. The van der Waals surface area contributed by atoms with E-state index >= 15 is 0 Å². The molecule has 3 rings (SSSR count). The number of rotatable bonds is 2. The SMILES string of the molecule is COc1cc(C2(N)CC2)c(O)c2c1CCCC2. The highest BCUT2D eigenvalue weighted by Gasteiger charge is 2.43. The summed E-state index contributed by atoms with van der Waals surface area (Å²) in [5, 5.41) is 10.4. The molecule has 0 radical (unpaired) electrons. The maximum absolute atomic E-state index is 10.4. The minimum atomic E-state index is -0.302. The molecule has 3 heteroatoms. The lowest BCUT2D eigenvalue weighted by atomic mass is 9.86. The molecule has 0 atom stereocenters. The molecule has 0 unspecified atom stereocenters.